The summed E-state index contributed by atoms with van der Waals surface area (Å²) >= 11 is 0. The molecule has 0 atom stereocenters. The molecule has 0 radical (unpaired) electrons. The van der Waals surface area contributed by atoms with E-state index < -0.39 is 40.5 Å². The molecule has 1 aromatic rings. The maximum absolute atomic E-state index is 12.9. The number of hydrogen-bond acceptors (Lipinski definition) is 3. The molecule has 0 aliphatic carbocycles. The molecule has 0 N–H and O–H groups in total. The fraction of sp³-hybridized carbons (Fsp3) is 0. The second-order valence-electron chi connectivity index (χ2n) is 2.46. The van der Waals surface area contributed by atoms with Crippen LogP contribution in [0.15, 0.2) is 5.11 Å². The SMILES string of the molecule is [N-]=[N+]=Nc1c(F)c(F)c(C(=O)[O-])c(F)c1F.[Na+]. The van der Waals surface area contributed by atoms with Crippen molar-refractivity contribution in [3.63, 3.8) is 0 Å². The van der Waals surface area contributed by atoms with E-state index in [0.29, 0.717) is 0 Å². The number of rotatable bonds is 2. The Hall–Kier alpha value is -1.28. The van der Waals surface area contributed by atoms with Crippen molar-refractivity contribution in [1.29, 1.82) is 0 Å². The molecule has 0 bridgehead atoms. The number of hydrogen-bond donors (Lipinski definition) is 0. The first-order valence-corrected chi connectivity index (χ1v) is 3.54. The molecule has 1 aromatic carbocycles. The van der Waals surface area contributed by atoms with Crippen molar-refractivity contribution >= 4 is 11.7 Å². The number of carbonyl (C=O) groups excluding carboxylic acids is 1. The first kappa shape index (κ1) is 15.7. The average molecular weight is 257 g/mol. The van der Waals surface area contributed by atoms with Crippen LogP contribution in [0, 0.1) is 23.3 Å². The van der Waals surface area contributed by atoms with Gasteiger partial charge in [0.1, 0.15) is 5.69 Å². The van der Waals surface area contributed by atoms with Gasteiger partial charge in [0.05, 0.1) is 11.5 Å². The molecule has 0 aromatic heterocycles. The number of nitrogens with zero attached hydrogens (tertiary/aromatic N) is 3. The normalized spacial score (nSPS) is 9.18. The van der Waals surface area contributed by atoms with Crippen LogP contribution in [0.25, 0.3) is 10.4 Å². The third-order valence-corrected chi connectivity index (χ3v) is 1.59. The summed E-state index contributed by atoms with van der Waals surface area (Å²) in [5.41, 5.74) is 4.40. The number of azide groups is 1. The Labute approximate surface area is 113 Å². The molecule has 0 aliphatic heterocycles. The zero-order valence-electron chi connectivity index (χ0n) is 8.17. The van der Waals surface area contributed by atoms with E-state index in [0.717, 1.165) is 0 Å². The van der Waals surface area contributed by atoms with Crippen molar-refractivity contribution in [3.8, 4) is 0 Å². The quantitative estimate of drug-likeness (QED) is 0.162. The van der Waals surface area contributed by atoms with Gasteiger partial charge in [0, 0.05) is 4.91 Å². The molecular weight excluding hydrogens is 257 g/mol. The van der Waals surface area contributed by atoms with Gasteiger partial charge in [0.25, 0.3) is 0 Å². The van der Waals surface area contributed by atoms with Gasteiger partial charge in [-0.15, -0.1) is 0 Å². The van der Waals surface area contributed by atoms with E-state index in [9.17, 15) is 27.5 Å². The Morgan fingerprint density at radius 1 is 1.12 bits per heavy atom. The molecule has 17 heavy (non-hydrogen) atoms. The second kappa shape index (κ2) is 5.87. The molecular formula is C7F4N3NaO2. The topological polar surface area (TPSA) is 88.9 Å². The first-order chi connectivity index (χ1) is 7.41. The van der Waals surface area contributed by atoms with Gasteiger partial charge in [-0.05, 0) is 5.53 Å². The average Bonchev–Trinajstić information content (AvgIpc) is 2.21. The smallest absolute Gasteiger partial charge is 0.545 e. The van der Waals surface area contributed by atoms with E-state index in [4.69, 9.17) is 5.53 Å². The fourth-order valence-corrected chi connectivity index (χ4v) is 0.932. The maximum Gasteiger partial charge on any atom is 1.00 e. The van der Waals surface area contributed by atoms with Crippen LogP contribution in [0.3, 0.4) is 0 Å². The molecule has 84 valence electrons. The van der Waals surface area contributed by atoms with E-state index in [1.54, 1.807) is 0 Å². The van der Waals surface area contributed by atoms with Crippen LogP contribution < -0.4 is 34.7 Å². The first-order valence-electron chi connectivity index (χ1n) is 3.54. The van der Waals surface area contributed by atoms with E-state index in [1.165, 1.54) is 0 Å². The molecule has 10 heteroatoms. The number of halogens is 4. The van der Waals surface area contributed by atoms with Crippen molar-refractivity contribution in [3.05, 3.63) is 39.3 Å². The molecule has 0 saturated carbocycles. The van der Waals surface area contributed by atoms with Gasteiger partial charge in [0.15, 0.2) is 23.3 Å². The standard InChI is InChI=1S/C7HF4N3O2.Na/c8-2-1(7(15)16)3(9)5(11)6(4(2)10)13-14-12;/h(H,15,16);/q;+1/p-1. The van der Waals surface area contributed by atoms with E-state index in [-0.39, 0.29) is 29.6 Å². The van der Waals surface area contributed by atoms with Gasteiger partial charge in [-0.25, -0.2) is 17.6 Å². The third kappa shape index (κ3) is 2.70. The molecule has 0 amide bonds. The summed E-state index contributed by atoms with van der Waals surface area (Å²) in [6, 6.07) is 0. The number of carboxylic acids is 1. The van der Waals surface area contributed by atoms with Crippen molar-refractivity contribution in [2.45, 2.75) is 0 Å². The van der Waals surface area contributed by atoms with Crippen molar-refractivity contribution < 1.29 is 57.0 Å². The Kier molecular flexibility index (Phi) is 5.43. The summed E-state index contributed by atoms with van der Waals surface area (Å²) in [5, 5.41) is 12.6. The third-order valence-electron chi connectivity index (χ3n) is 1.59. The van der Waals surface area contributed by atoms with Crippen LogP contribution in [-0.2, 0) is 0 Å². The second-order valence-corrected chi connectivity index (χ2v) is 2.46. The van der Waals surface area contributed by atoms with Gasteiger partial charge >= 0.3 is 29.6 Å². The minimum absolute atomic E-state index is 0. The molecule has 0 aliphatic rings. The van der Waals surface area contributed by atoms with E-state index in [1.807, 2.05) is 4.91 Å². The monoisotopic (exact) mass is 257 g/mol. The predicted octanol–water partition coefficient (Wildman–Crippen LogP) is -1.45. The largest absolute Gasteiger partial charge is 1.00 e. The van der Waals surface area contributed by atoms with Crippen molar-refractivity contribution in [2.75, 3.05) is 0 Å². The van der Waals surface area contributed by atoms with Crippen LogP contribution in [0.5, 0.6) is 0 Å². The van der Waals surface area contributed by atoms with Crippen LogP contribution >= 0.6 is 0 Å². The van der Waals surface area contributed by atoms with Crippen LogP contribution in [0.4, 0.5) is 23.2 Å². The van der Waals surface area contributed by atoms with Crippen LogP contribution in [0.1, 0.15) is 10.4 Å². The minimum Gasteiger partial charge on any atom is -0.545 e. The molecule has 0 spiro atoms. The predicted molar refractivity (Wildman–Crippen MR) is 39.4 cm³/mol. The van der Waals surface area contributed by atoms with Gasteiger partial charge in [-0.2, -0.15) is 0 Å². The number of carboxylic acid groups (broad SMARTS) is 1. The molecule has 0 unspecified atom stereocenters. The number of aromatic carboxylic acids is 1. The summed E-state index contributed by atoms with van der Waals surface area (Å²) in [5.74, 6) is -11.0. The zero-order valence-corrected chi connectivity index (χ0v) is 10.2. The summed E-state index contributed by atoms with van der Waals surface area (Å²) in [6.45, 7) is 0. The Morgan fingerprint density at radius 3 is 1.82 bits per heavy atom. The maximum atomic E-state index is 12.9. The number of carbonyl (C=O) groups is 1. The number of benzene rings is 1. The Balaban J connectivity index is 0.00000256. The van der Waals surface area contributed by atoms with E-state index in [2.05, 4.69) is 5.11 Å². The molecule has 1 rings (SSSR count). The van der Waals surface area contributed by atoms with Gasteiger partial charge in [-0.1, -0.05) is 5.11 Å². The summed E-state index contributed by atoms with van der Waals surface area (Å²) in [4.78, 5) is 12.1. The van der Waals surface area contributed by atoms with Gasteiger partial charge in [-0.3, -0.25) is 0 Å². The summed E-state index contributed by atoms with van der Waals surface area (Å²) in [6.07, 6.45) is 0. The summed E-state index contributed by atoms with van der Waals surface area (Å²) in [7, 11) is 0. The van der Waals surface area contributed by atoms with Gasteiger partial charge in [0.2, 0.25) is 0 Å². The Morgan fingerprint density at radius 2 is 1.53 bits per heavy atom. The molecule has 0 heterocycles. The fourth-order valence-electron chi connectivity index (χ4n) is 0.932. The van der Waals surface area contributed by atoms with E-state index >= 15 is 0 Å². The van der Waals surface area contributed by atoms with Crippen molar-refractivity contribution in [2.24, 2.45) is 5.11 Å². The van der Waals surface area contributed by atoms with Crippen LogP contribution in [0.2, 0.25) is 0 Å². The Bertz CT molecular complexity index is 468. The summed E-state index contributed by atoms with van der Waals surface area (Å²) < 4.78 is 51.6. The molecule has 5 nitrogen and oxygen atoms in total. The van der Waals surface area contributed by atoms with Gasteiger partial charge < -0.3 is 9.90 Å². The molecule has 0 fully saturated rings. The minimum atomic E-state index is -2.43. The van der Waals surface area contributed by atoms with Crippen molar-refractivity contribution in [1.82, 2.24) is 0 Å². The zero-order chi connectivity index (χ0) is 12.5. The molecule has 0 saturated heterocycles. The van der Waals surface area contributed by atoms with Crippen LogP contribution in [-0.4, -0.2) is 5.97 Å².